The van der Waals surface area contributed by atoms with E-state index in [2.05, 4.69) is 10.5 Å². The predicted molar refractivity (Wildman–Crippen MR) is 61.4 cm³/mol. The number of hydrogen-bond donors (Lipinski definition) is 3. The molecular formula is C11H14FN3O2. The van der Waals surface area contributed by atoms with E-state index in [1.54, 1.807) is 13.0 Å². The third kappa shape index (κ3) is 3.17. The van der Waals surface area contributed by atoms with Gasteiger partial charge in [0.1, 0.15) is 5.82 Å². The summed E-state index contributed by atoms with van der Waals surface area (Å²) < 4.78 is 13.3. The molecule has 0 saturated carbocycles. The summed E-state index contributed by atoms with van der Waals surface area (Å²) in [6.07, 6.45) is 0.441. The summed E-state index contributed by atoms with van der Waals surface area (Å²) in [7, 11) is 0. The summed E-state index contributed by atoms with van der Waals surface area (Å²) in [6, 6.07) is 4.99. The van der Waals surface area contributed by atoms with E-state index in [9.17, 15) is 9.18 Å². The number of oxime groups is 1. The maximum Gasteiger partial charge on any atom is 0.254 e. The zero-order chi connectivity index (χ0) is 12.8. The molecule has 1 rings (SSSR count). The number of carbonyl (C=O) groups is 1. The smallest absolute Gasteiger partial charge is 0.254 e. The molecule has 0 radical (unpaired) electrons. The first-order valence-corrected chi connectivity index (χ1v) is 5.13. The highest BCUT2D eigenvalue weighted by Gasteiger charge is 2.17. The van der Waals surface area contributed by atoms with Crippen LogP contribution in [0.3, 0.4) is 0 Å². The Hall–Kier alpha value is -2.11. The van der Waals surface area contributed by atoms with E-state index in [0.29, 0.717) is 6.42 Å². The third-order valence-corrected chi connectivity index (χ3v) is 2.30. The van der Waals surface area contributed by atoms with Gasteiger partial charge in [0.15, 0.2) is 5.84 Å². The molecular weight excluding hydrogens is 225 g/mol. The van der Waals surface area contributed by atoms with Crippen molar-refractivity contribution in [3.8, 4) is 0 Å². The number of amides is 1. The fourth-order valence-corrected chi connectivity index (χ4v) is 1.34. The molecule has 1 amide bonds. The van der Waals surface area contributed by atoms with Crippen LogP contribution in [0.2, 0.25) is 0 Å². The molecule has 0 saturated heterocycles. The van der Waals surface area contributed by atoms with Crippen molar-refractivity contribution in [2.24, 2.45) is 10.9 Å². The molecule has 0 bridgehead atoms. The number of halogens is 1. The monoisotopic (exact) mass is 239 g/mol. The van der Waals surface area contributed by atoms with Crippen molar-refractivity contribution in [1.82, 2.24) is 5.32 Å². The fraction of sp³-hybridized carbons (Fsp3) is 0.273. The first-order chi connectivity index (χ1) is 8.10. The highest BCUT2D eigenvalue weighted by molar-refractivity contribution is 5.98. The number of carbonyl (C=O) groups excluding carboxylic acids is 1. The largest absolute Gasteiger partial charge is 0.409 e. The van der Waals surface area contributed by atoms with Gasteiger partial charge >= 0.3 is 0 Å². The van der Waals surface area contributed by atoms with Gasteiger partial charge in [-0.25, -0.2) is 4.39 Å². The summed E-state index contributed by atoms with van der Waals surface area (Å²) in [5.41, 5.74) is 5.31. The molecule has 1 aromatic carbocycles. The number of benzene rings is 1. The van der Waals surface area contributed by atoms with Crippen LogP contribution in [0.5, 0.6) is 0 Å². The van der Waals surface area contributed by atoms with Crippen LogP contribution >= 0.6 is 0 Å². The van der Waals surface area contributed by atoms with Crippen LogP contribution in [0.4, 0.5) is 4.39 Å². The Labute approximate surface area is 98.1 Å². The van der Waals surface area contributed by atoms with E-state index < -0.39 is 17.8 Å². The SMILES string of the molecule is CCC(NC(=O)c1ccccc1F)/C(N)=N/O. The molecule has 1 aromatic rings. The number of nitrogens with zero attached hydrogens (tertiary/aromatic N) is 1. The molecule has 5 nitrogen and oxygen atoms in total. The first-order valence-electron chi connectivity index (χ1n) is 5.13. The van der Waals surface area contributed by atoms with Gasteiger partial charge in [0.05, 0.1) is 11.6 Å². The van der Waals surface area contributed by atoms with Crippen molar-refractivity contribution in [1.29, 1.82) is 0 Å². The molecule has 1 unspecified atom stereocenters. The van der Waals surface area contributed by atoms with E-state index in [1.165, 1.54) is 18.2 Å². The Kier molecular flexibility index (Phi) is 4.45. The summed E-state index contributed by atoms with van der Waals surface area (Å²) in [5.74, 6) is -1.32. The maximum absolute atomic E-state index is 13.3. The van der Waals surface area contributed by atoms with E-state index in [4.69, 9.17) is 10.9 Å². The van der Waals surface area contributed by atoms with Gasteiger partial charge in [-0.1, -0.05) is 24.2 Å². The molecule has 0 spiro atoms. The lowest BCUT2D eigenvalue weighted by atomic mass is 10.1. The molecule has 92 valence electrons. The predicted octanol–water partition coefficient (Wildman–Crippen LogP) is 1.08. The number of rotatable bonds is 4. The zero-order valence-electron chi connectivity index (χ0n) is 9.35. The number of amidine groups is 1. The van der Waals surface area contributed by atoms with Crippen LogP contribution in [0.15, 0.2) is 29.4 Å². The lowest BCUT2D eigenvalue weighted by Gasteiger charge is -2.15. The molecule has 0 aliphatic heterocycles. The van der Waals surface area contributed by atoms with E-state index in [0.717, 1.165) is 0 Å². The van der Waals surface area contributed by atoms with Gasteiger partial charge in [-0.15, -0.1) is 0 Å². The first kappa shape index (κ1) is 13.0. The topological polar surface area (TPSA) is 87.7 Å². The Morgan fingerprint density at radius 2 is 2.24 bits per heavy atom. The highest BCUT2D eigenvalue weighted by Crippen LogP contribution is 2.06. The number of nitrogens with two attached hydrogens (primary N) is 1. The molecule has 17 heavy (non-hydrogen) atoms. The second-order valence-electron chi connectivity index (χ2n) is 3.44. The van der Waals surface area contributed by atoms with E-state index in [-0.39, 0.29) is 11.4 Å². The average molecular weight is 239 g/mol. The summed E-state index contributed by atoms with van der Waals surface area (Å²) in [4.78, 5) is 11.7. The van der Waals surface area contributed by atoms with Crippen LogP contribution in [-0.2, 0) is 0 Å². The number of hydrogen-bond acceptors (Lipinski definition) is 3. The van der Waals surface area contributed by atoms with Crippen LogP contribution in [0, 0.1) is 5.82 Å². The van der Waals surface area contributed by atoms with Crippen molar-refractivity contribution < 1.29 is 14.4 Å². The molecule has 0 aliphatic carbocycles. The van der Waals surface area contributed by atoms with Crippen molar-refractivity contribution in [2.75, 3.05) is 0 Å². The molecule has 1 atom stereocenters. The van der Waals surface area contributed by atoms with Gasteiger partial charge in [-0.2, -0.15) is 0 Å². The van der Waals surface area contributed by atoms with Crippen molar-refractivity contribution in [2.45, 2.75) is 19.4 Å². The van der Waals surface area contributed by atoms with Crippen molar-refractivity contribution in [3.05, 3.63) is 35.6 Å². The molecule has 0 aromatic heterocycles. The molecule has 0 heterocycles. The molecule has 0 aliphatic rings. The van der Waals surface area contributed by atoms with Gasteiger partial charge in [-0.3, -0.25) is 4.79 Å². The van der Waals surface area contributed by atoms with E-state index in [1.807, 2.05) is 0 Å². The number of nitrogens with one attached hydrogen (secondary N) is 1. The zero-order valence-corrected chi connectivity index (χ0v) is 9.35. The minimum Gasteiger partial charge on any atom is -0.409 e. The summed E-state index contributed by atoms with van der Waals surface area (Å²) >= 11 is 0. The van der Waals surface area contributed by atoms with Gasteiger partial charge in [0.25, 0.3) is 5.91 Å². The fourth-order valence-electron chi connectivity index (χ4n) is 1.34. The van der Waals surface area contributed by atoms with Gasteiger partial charge < -0.3 is 16.3 Å². The van der Waals surface area contributed by atoms with Crippen LogP contribution in [0.25, 0.3) is 0 Å². The van der Waals surface area contributed by atoms with Gasteiger partial charge in [0, 0.05) is 0 Å². The third-order valence-electron chi connectivity index (χ3n) is 2.30. The summed E-state index contributed by atoms with van der Waals surface area (Å²) in [6.45, 7) is 1.75. The minimum atomic E-state index is -0.618. The van der Waals surface area contributed by atoms with Gasteiger partial charge in [-0.05, 0) is 18.6 Å². The lowest BCUT2D eigenvalue weighted by Crippen LogP contribution is -2.44. The lowest BCUT2D eigenvalue weighted by molar-refractivity contribution is 0.0941. The van der Waals surface area contributed by atoms with Crippen LogP contribution < -0.4 is 11.1 Å². The Balaban J connectivity index is 2.82. The Morgan fingerprint density at radius 3 is 2.76 bits per heavy atom. The standard InChI is InChI=1S/C11H14FN3O2/c1-2-9(10(13)15-17)14-11(16)7-5-3-4-6-8(7)12/h3-6,9,17H,2H2,1H3,(H2,13,15)(H,14,16). The van der Waals surface area contributed by atoms with E-state index >= 15 is 0 Å². The normalized spacial score (nSPS) is 13.2. The quantitative estimate of drug-likeness (QED) is 0.318. The molecule has 0 fully saturated rings. The van der Waals surface area contributed by atoms with Gasteiger partial charge in [0.2, 0.25) is 0 Å². The second kappa shape index (κ2) is 5.83. The average Bonchev–Trinajstić information content (AvgIpc) is 2.35. The van der Waals surface area contributed by atoms with Crippen molar-refractivity contribution >= 4 is 11.7 Å². The summed E-state index contributed by atoms with van der Waals surface area (Å²) in [5, 5.41) is 13.8. The van der Waals surface area contributed by atoms with Crippen molar-refractivity contribution in [3.63, 3.8) is 0 Å². The highest BCUT2D eigenvalue weighted by atomic mass is 19.1. The molecule has 6 heteroatoms. The maximum atomic E-state index is 13.3. The van der Waals surface area contributed by atoms with Crippen LogP contribution in [0.1, 0.15) is 23.7 Å². The Morgan fingerprint density at radius 1 is 1.59 bits per heavy atom. The minimum absolute atomic E-state index is 0.0725. The Bertz CT molecular complexity index is 434. The second-order valence-corrected chi connectivity index (χ2v) is 3.44. The van der Waals surface area contributed by atoms with Crippen LogP contribution in [-0.4, -0.2) is 23.0 Å². The molecule has 4 N–H and O–H groups in total.